The minimum atomic E-state index is -0.339. The maximum absolute atomic E-state index is 12.7. The third kappa shape index (κ3) is 4.20. The summed E-state index contributed by atoms with van der Waals surface area (Å²) in [4.78, 5) is 26.6. The van der Waals surface area contributed by atoms with Crippen molar-refractivity contribution < 1.29 is 19.1 Å². The second kappa shape index (κ2) is 8.19. The first-order valence-electron chi connectivity index (χ1n) is 8.28. The second-order valence-electron chi connectivity index (χ2n) is 6.05. The fourth-order valence-electron chi connectivity index (χ4n) is 2.59. The van der Waals surface area contributed by atoms with Gasteiger partial charge in [-0.05, 0) is 77.4 Å². The first-order valence-corrected chi connectivity index (χ1v) is 9.89. The summed E-state index contributed by atoms with van der Waals surface area (Å²) in [6.07, 6.45) is 1.67. The Balaban J connectivity index is 1.94. The van der Waals surface area contributed by atoms with Crippen LogP contribution >= 0.6 is 27.7 Å². The number of hydrogen-bond acceptors (Lipinski definition) is 5. The zero-order valence-electron chi connectivity index (χ0n) is 15.1. The van der Waals surface area contributed by atoms with Gasteiger partial charge in [-0.2, -0.15) is 0 Å². The van der Waals surface area contributed by atoms with E-state index in [-0.39, 0.29) is 17.3 Å². The molecule has 0 aromatic heterocycles. The monoisotopic (exact) mass is 447 g/mol. The lowest BCUT2D eigenvalue weighted by Gasteiger charge is -2.16. The molecule has 7 heteroatoms. The number of benzene rings is 2. The quantitative estimate of drug-likeness (QED) is 0.567. The summed E-state index contributed by atoms with van der Waals surface area (Å²) < 4.78 is 11.9. The normalized spacial score (nSPS) is 15.7. The van der Waals surface area contributed by atoms with Gasteiger partial charge in [-0.15, -0.1) is 0 Å². The molecule has 0 spiro atoms. The Morgan fingerprint density at radius 2 is 1.85 bits per heavy atom. The highest BCUT2D eigenvalue weighted by atomic mass is 79.9. The number of methoxy groups -OCH3 is 1. The Kier molecular flexibility index (Phi) is 5.92. The lowest BCUT2D eigenvalue weighted by Crippen LogP contribution is -2.27. The van der Waals surface area contributed by atoms with E-state index >= 15 is 0 Å². The van der Waals surface area contributed by atoms with E-state index in [2.05, 4.69) is 15.9 Å². The fraction of sp³-hybridized carbons (Fsp3) is 0.200. The molecule has 1 fully saturated rings. The first-order chi connectivity index (χ1) is 12.9. The first kappa shape index (κ1) is 19.5. The molecule has 3 rings (SSSR count). The fourth-order valence-corrected chi connectivity index (χ4v) is 3.99. The summed E-state index contributed by atoms with van der Waals surface area (Å²) in [5, 5.41) is -0.316. The number of imide groups is 1. The van der Waals surface area contributed by atoms with Gasteiger partial charge in [-0.1, -0.05) is 18.2 Å². The van der Waals surface area contributed by atoms with Gasteiger partial charge in [0.2, 0.25) is 0 Å². The molecule has 1 aliphatic rings. The maximum Gasteiger partial charge on any atom is 0.298 e. The highest BCUT2D eigenvalue weighted by molar-refractivity contribution is 9.10. The van der Waals surface area contributed by atoms with Gasteiger partial charge in [0, 0.05) is 0 Å². The van der Waals surface area contributed by atoms with E-state index in [1.54, 1.807) is 43.5 Å². The SMILES string of the molecule is COc1cc(/C=C2/SC(=O)N(c3ccccc3)C2=O)cc(Br)c1OC(C)C. The second-order valence-corrected chi connectivity index (χ2v) is 7.90. The number of para-hydroxylation sites is 1. The van der Waals surface area contributed by atoms with Gasteiger partial charge in [0.05, 0.1) is 28.3 Å². The van der Waals surface area contributed by atoms with Crippen LogP contribution in [-0.4, -0.2) is 24.4 Å². The molecule has 0 unspecified atom stereocenters. The molecule has 0 atom stereocenters. The van der Waals surface area contributed by atoms with Gasteiger partial charge in [-0.3, -0.25) is 9.59 Å². The van der Waals surface area contributed by atoms with Crippen LogP contribution in [0.4, 0.5) is 10.5 Å². The average Bonchev–Trinajstić information content (AvgIpc) is 2.91. The summed E-state index contributed by atoms with van der Waals surface area (Å²) >= 11 is 4.41. The molecule has 5 nitrogen and oxygen atoms in total. The number of carbonyl (C=O) groups excluding carboxylic acids is 2. The predicted molar refractivity (Wildman–Crippen MR) is 111 cm³/mol. The van der Waals surface area contributed by atoms with Crippen molar-refractivity contribution in [2.45, 2.75) is 20.0 Å². The summed E-state index contributed by atoms with van der Waals surface area (Å²) in [7, 11) is 1.56. The van der Waals surface area contributed by atoms with Crippen molar-refractivity contribution in [2.75, 3.05) is 12.0 Å². The van der Waals surface area contributed by atoms with E-state index in [4.69, 9.17) is 9.47 Å². The molecule has 140 valence electrons. The average molecular weight is 448 g/mol. The van der Waals surface area contributed by atoms with E-state index in [0.717, 1.165) is 17.3 Å². The van der Waals surface area contributed by atoms with E-state index in [9.17, 15) is 9.59 Å². The van der Waals surface area contributed by atoms with Crippen molar-refractivity contribution in [1.82, 2.24) is 0 Å². The lowest BCUT2D eigenvalue weighted by molar-refractivity contribution is -0.113. The number of amides is 2. The van der Waals surface area contributed by atoms with Crippen molar-refractivity contribution in [3.63, 3.8) is 0 Å². The van der Waals surface area contributed by atoms with Crippen molar-refractivity contribution in [3.8, 4) is 11.5 Å². The van der Waals surface area contributed by atoms with E-state index < -0.39 is 0 Å². The zero-order valence-corrected chi connectivity index (χ0v) is 17.5. The molecule has 1 heterocycles. The van der Waals surface area contributed by atoms with Crippen LogP contribution in [0.15, 0.2) is 51.8 Å². The molecular formula is C20H18BrNO4S. The standard InChI is InChI=1S/C20H18BrNO4S/c1-12(2)26-18-15(21)9-13(10-16(18)25-3)11-17-19(23)22(20(24)27-17)14-7-5-4-6-8-14/h4-12H,1-3H3/b17-11+. The maximum atomic E-state index is 12.7. The van der Waals surface area contributed by atoms with Gasteiger partial charge >= 0.3 is 0 Å². The molecular weight excluding hydrogens is 430 g/mol. The van der Waals surface area contributed by atoms with Crippen molar-refractivity contribution >= 4 is 50.6 Å². The van der Waals surface area contributed by atoms with Gasteiger partial charge in [0.1, 0.15) is 0 Å². The Morgan fingerprint density at radius 1 is 1.15 bits per heavy atom. The number of nitrogens with zero attached hydrogens (tertiary/aromatic N) is 1. The zero-order chi connectivity index (χ0) is 19.6. The third-order valence-corrected chi connectivity index (χ3v) is 5.17. The number of hydrogen-bond donors (Lipinski definition) is 0. The highest BCUT2D eigenvalue weighted by Gasteiger charge is 2.36. The van der Waals surface area contributed by atoms with Gasteiger partial charge in [-0.25, -0.2) is 4.90 Å². The molecule has 2 aromatic rings. The van der Waals surface area contributed by atoms with Crippen LogP contribution in [0.3, 0.4) is 0 Å². The third-order valence-electron chi connectivity index (χ3n) is 3.71. The van der Waals surface area contributed by atoms with Crippen LogP contribution in [0, 0.1) is 0 Å². The van der Waals surface area contributed by atoms with E-state index in [1.165, 1.54) is 4.90 Å². The Labute approximate surface area is 170 Å². The van der Waals surface area contributed by atoms with E-state index in [0.29, 0.717) is 26.6 Å². The molecule has 0 N–H and O–H groups in total. The summed E-state index contributed by atoms with van der Waals surface area (Å²) in [5.74, 6) is 0.808. The molecule has 0 radical (unpaired) electrons. The molecule has 27 heavy (non-hydrogen) atoms. The van der Waals surface area contributed by atoms with Gasteiger partial charge in [0.15, 0.2) is 11.5 Å². The number of thioether (sulfide) groups is 1. The van der Waals surface area contributed by atoms with Gasteiger partial charge in [0.25, 0.3) is 11.1 Å². The van der Waals surface area contributed by atoms with Gasteiger partial charge < -0.3 is 9.47 Å². The van der Waals surface area contributed by atoms with Crippen LogP contribution in [0.25, 0.3) is 6.08 Å². The smallest absolute Gasteiger partial charge is 0.298 e. The molecule has 0 bridgehead atoms. The van der Waals surface area contributed by atoms with Crippen molar-refractivity contribution in [2.24, 2.45) is 0 Å². The Bertz CT molecular complexity index is 912. The molecule has 1 aliphatic heterocycles. The molecule has 1 saturated heterocycles. The number of anilines is 1. The van der Waals surface area contributed by atoms with Crippen molar-refractivity contribution in [1.29, 1.82) is 0 Å². The van der Waals surface area contributed by atoms with Crippen LogP contribution in [-0.2, 0) is 4.79 Å². The summed E-state index contributed by atoms with van der Waals surface area (Å²) in [6.45, 7) is 3.86. The van der Waals surface area contributed by atoms with Crippen LogP contribution < -0.4 is 14.4 Å². The van der Waals surface area contributed by atoms with Crippen molar-refractivity contribution in [3.05, 3.63) is 57.4 Å². The summed E-state index contributed by atoms with van der Waals surface area (Å²) in [6, 6.07) is 12.5. The number of carbonyl (C=O) groups is 2. The minimum absolute atomic E-state index is 0.0107. The number of rotatable bonds is 5. The van der Waals surface area contributed by atoms with Crippen LogP contribution in [0.2, 0.25) is 0 Å². The Hall–Kier alpha value is -2.25. The number of halogens is 1. The largest absolute Gasteiger partial charge is 0.493 e. The Morgan fingerprint density at radius 3 is 2.48 bits per heavy atom. The van der Waals surface area contributed by atoms with E-state index in [1.807, 2.05) is 26.0 Å². The topological polar surface area (TPSA) is 55.8 Å². The number of ether oxygens (including phenoxy) is 2. The minimum Gasteiger partial charge on any atom is -0.493 e. The predicted octanol–water partition coefficient (Wildman–Crippen LogP) is 5.49. The van der Waals surface area contributed by atoms with Crippen LogP contribution in [0.5, 0.6) is 11.5 Å². The van der Waals surface area contributed by atoms with Crippen LogP contribution in [0.1, 0.15) is 19.4 Å². The molecule has 0 aliphatic carbocycles. The molecule has 2 aromatic carbocycles. The lowest BCUT2D eigenvalue weighted by atomic mass is 10.1. The summed E-state index contributed by atoms with van der Waals surface area (Å²) in [5.41, 5.74) is 1.29. The molecule has 0 saturated carbocycles. The highest BCUT2D eigenvalue weighted by Crippen LogP contribution is 2.40. The molecule has 2 amide bonds.